The van der Waals surface area contributed by atoms with Crippen LogP contribution in [0.1, 0.15) is 35.6 Å². The average molecular weight is 408 g/mol. The van der Waals surface area contributed by atoms with Crippen molar-refractivity contribution in [2.75, 3.05) is 20.3 Å². The van der Waals surface area contributed by atoms with Crippen LogP contribution in [-0.4, -0.2) is 53.0 Å². The van der Waals surface area contributed by atoms with Gasteiger partial charge in [-0.1, -0.05) is 11.6 Å². The van der Waals surface area contributed by atoms with E-state index in [-0.39, 0.29) is 17.4 Å². The van der Waals surface area contributed by atoms with E-state index in [1.54, 1.807) is 36.7 Å². The normalized spacial score (nSPS) is 23.2. The topological polar surface area (TPSA) is 89.0 Å². The number of ketones is 1. The lowest BCUT2D eigenvalue weighted by atomic mass is 9.95. The molecule has 7 heteroatoms. The maximum Gasteiger partial charge on any atom is 0.295 e. The van der Waals surface area contributed by atoms with Crippen molar-refractivity contribution < 1.29 is 24.2 Å². The molecular weight excluding hydrogens is 384 g/mol. The van der Waals surface area contributed by atoms with Crippen LogP contribution in [0, 0.1) is 6.92 Å². The predicted octanol–water partition coefficient (Wildman–Crippen LogP) is 3.00. The number of nitrogens with zero attached hydrogens (tertiary/aromatic N) is 2. The number of carbonyl (C=O) groups excluding carboxylic acids is 2. The van der Waals surface area contributed by atoms with Crippen LogP contribution in [0.25, 0.3) is 5.76 Å². The molecule has 2 aromatic rings. The fourth-order valence-corrected chi connectivity index (χ4v) is 4.12. The van der Waals surface area contributed by atoms with Gasteiger partial charge in [0.2, 0.25) is 0 Å². The molecule has 1 aromatic carbocycles. The van der Waals surface area contributed by atoms with Crippen molar-refractivity contribution in [3.05, 3.63) is 65.0 Å². The number of Topliss-reactive ketones (excluding diaryl/α,β-unsaturated/α-hetero) is 1. The lowest BCUT2D eigenvalue weighted by molar-refractivity contribution is -0.140. The monoisotopic (exact) mass is 408 g/mol. The molecule has 2 atom stereocenters. The van der Waals surface area contributed by atoms with Crippen molar-refractivity contribution in [2.24, 2.45) is 0 Å². The van der Waals surface area contributed by atoms with Crippen LogP contribution in [0.4, 0.5) is 0 Å². The van der Waals surface area contributed by atoms with E-state index in [0.29, 0.717) is 30.0 Å². The van der Waals surface area contributed by atoms with Gasteiger partial charge in [-0.05, 0) is 49.6 Å². The van der Waals surface area contributed by atoms with Crippen LogP contribution in [0.2, 0.25) is 0 Å². The second kappa shape index (κ2) is 8.28. The SMILES string of the molecule is COc1ccc(C)cc1/C(O)=C1\C(=O)C(=O)N(CC2CCCO2)C1c1ccncc1. The smallest absolute Gasteiger partial charge is 0.295 e. The third-order valence-electron chi connectivity index (χ3n) is 5.60. The van der Waals surface area contributed by atoms with Crippen LogP contribution in [0.5, 0.6) is 5.75 Å². The zero-order valence-corrected chi connectivity index (χ0v) is 17.0. The Kier molecular flexibility index (Phi) is 5.55. The number of pyridine rings is 1. The number of carbonyl (C=O) groups is 2. The molecule has 0 spiro atoms. The number of benzene rings is 1. The first kappa shape index (κ1) is 20.1. The molecule has 2 saturated heterocycles. The quantitative estimate of drug-likeness (QED) is 0.465. The van der Waals surface area contributed by atoms with Gasteiger partial charge in [0.15, 0.2) is 0 Å². The summed E-state index contributed by atoms with van der Waals surface area (Å²) in [6, 6.07) is 8.10. The van der Waals surface area contributed by atoms with Gasteiger partial charge >= 0.3 is 0 Å². The first-order valence-electron chi connectivity index (χ1n) is 9.96. The van der Waals surface area contributed by atoms with Crippen LogP contribution in [0.15, 0.2) is 48.3 Å². The molecule has 30 heavy (non-hydrogen) atoms. The van der Waals surface area contributed by atoms with Crippen LogP contribution in [0.3, 0.4) is 0 Å². The van der Waals surface area contributed by atoms with Crippen molar-refractivity contribution in [3.63, 3.8) is 0 Å². The van der Waals surface area contributed by atoms with Crippen molar-refractivity contribution in [2.45, 2.75) is 31.9 Å². The molecule has 1 N–H and O–H groups in total. The van der Waals surface area contributed by atoms with Gasteiger partial charge < -0.3 is 19.5 Å². The number of aromatic nitrogens is 1. The number of rotatable bonds is 5. The molecule has 2 aliphatic heterocycles. The largest absolute Gasteiger partial charge is 0.507 e. The Labute approximate surface area is 174 Å². The highest BCUT2D eigenvalue weighted by atomic mass is 16.5. The highest BCUT2D eigenvalue weighted by Crippen LogP contribution is 2.41. The number of hydrogen-bond donors (Lipinski definition) is 1. The van der Waals surface area contributed by atoms with E-state index < -0.39 is 17.7 Å². The van der Waals surface area contributed by atoms with E-state index in [1.807, 2.05) is 13.0 Å². The molecular formula is C23H24N2O5. The number of aliphatic hydroxyl groups excluding tert-OH is 1. The van der Waals surface area contributed by atoms with E-state index in [1.165, 1.54) is 12.0 Å². The van der Waals surface area contributed by atoms with Gasteiger partial charge in [-0.2, -0.15) is 0 Å². The van der Waals surface area contributed by atoms with E-state index in [9.17, 15) is 14.7 Å². The van der Waals surface area contributed by atoms with E-state index in [4.69, 9.17) is 9.47 Å². The molecule has 7 nitrogen and oxygen atoms in total. The molecule has 2 aliphatic rings. The predicted molar refractivity (Wildman–Crippen MR) is 110 cm³/mol. The van der Waals surface area contributed by atoms with Crippen LogP contribution < -0.4 is 4.74 Å². The Bertz CT molecular complexity index is 996. The van der Waals surface area contributed by atoms with Crippen molar-refractivity contribution in [1.82, 2.24) is 9.88 Å². The summed E-state index contributed by atoms with van der Waals surface area (Å²) in [5, 5.41) is 11.2. The third kappa shape index (κ3) is 3.57. The minimum atomic E-state index is -0.720. The summed E-state index contributed by atoms with van der Waals surface area (Å²) in [5.41, 5.74) is 2.03. The van der Waals surface area contributed by atoms with Gasteiger partial charge in [0.05, 0.1) is 30.4 Å². The summed E-state index contributed by atoms with van der Waals surface area (Å²) >= 11 is 0. The minimum Gasteiger partial charge on any atom is -0.507 e. The minimum absolute atomic E-state index is 0.0492. The summed E-state index contributed by atoms with van der Waals surface area (Å²) in [5.74, 6) is -1.17. The molecule has 1 amide bonds. The Hall–Kier alpha value is -3.19. The Balaban J connectivity index is 1.86. The van der Waals surface area contributed by atoms with Gasteiger partial charge in [0.25, 0.3) is 11.7 Å². The second-order valence-electron chi connectivity index (χ2n) is 7.57. The first-order valence-corrected chi connectivity index (χ1v) is 9.96. The number of aliphatic hydroxyl groups is 1. The number of amides is 1. The van der Waals surface area contributed by atoms with Gasteiger partial charge in [0.1, 0.15) is 11.5 Å². The fourth-order valence-electron chi connectivity index (χ4n) is 4.12. The molecule has 4 rings (SSSR count). The zero-order valence-electron chi connectivity index (χ0n) is 17.0. The number of hydrogen-bond acceptors (Lipinski definition) is 6. The second-order valence-corrected chi connectivity index (χ2v) is 7.57. The van der Waals surface area contributed by atoms with Gasteiger partial charge in [0, 0.05) is 25.5 Å². The molecule has 0 saturated carbocycles. The van der Waals surface area contributed by atoms with Gasteiger partial charge in [-0.3, -0.25) is 14.6 Å². The molecule has 0 bridgehead atoms. The number of methoxy groups -OCH3 is 1. The number of aryl methyl sites for hydroxylation is 1. The van der Waals surface area contributed by atoms with Crippen LogP contribution in [-0.2, 0) is 14.3 Å². The summed E-state index contributed by atoms with van der Waals surface area (Å²) in [4.78, 5) is 31.6. The highest BCUT2D eigenvalue weighted by molar-refractivity contribution is 6.46. The Morgan fingerprint density at radius 1 is 1.27 bits per heavy atom. The van der Waals surface area contributed by atoms with Crippen LogP contribution >= 0.6 is 0 Å². The standard InChI is InChI=1S/C23H24N2O5/c1-14-5-6-18(29-2)17(12-14)21(26)19-20(15-7-9-24-10-8-15)25(23(28)22(19)27)13-16-4-3-11-30-16/h5-10,12,16,20,26H,3-4,11,13H2,1-2H3/b21-19+. The molecule has 1 aromatic heterocycles. The van der Waals surface area contributed by atoms with Crippen molar-refractivity contribution >= 4 is 17.4 Å². The zero-order chi connectivity index (χ0) is 21.3. The lowest BCUT2D eigenvalue weighted by Crippen LogP contribution is -2.36. The maximum absolute atomic E-state index is 13.1. The summed E-state index contributed by atoms with van der Waals surface area (Å²) in [6.07, 6.45) is 4.84. The van der Waals surface area contributed by atoms with Gasteiger partial charge in [-0.15, -0.1) is 0 Å². The molecule has 2 unspecified atom stereocenters. The summed E-state index contributed by atoms with van der Waals surface area (Å²) in [6.45, 7) is 2.82. The maximum atomic E-state index is 13.1. The number of ether oxygens (including phenoxy) is 2. The number of likely N-dealkylation sites (tertiary alicyclic amines) is 1. The molecule has 3 heterocycles. The van der Waals surface area contributed by atoms with Crippen molar-refractivity contribution in [3.8, 4) is 5.75 Å². The third-order valence-corrected chi connectivity index (χ3v) is 5.60. The first-order chi connectivity index (χ1) is 14.5. The van der Waals surface area contributed by atoms with E-state index in [2.05, 4.69) is 4.98 Å². The Morgan fingerprint density at radius 2 is 2.03 bits per heavy atom. The Morgan fingerprint density at radius 3 is 2.70 bits per heavy atom. The average Bonchev–Trinajstić information content (AvgIpc) is 3.36. The molecule has 156 valence electrons. The summed E-state index contributed by atoms with van der Waals surface area (Å²) in [7, 11) is 1.50. The van der Waals surface area contributed by atoms with Gasteiger partial charge in [-0.25, -0.2) is 0 Å². The fraction of sp³-hybridized carbons (Fsp3) is 0.348. The molecule has 2 fully saturated rings. The molecule has 0 aliphatic carbocycles. The highest BCUT2D eigenvalue weighted by Gasteiger charge is 2.47. The summed E-state index contributed by atoms with van der Waals surface area (Å²) < 4.78 is 11.1. The van der Waals surface area contributed by atoms with E-state index >= 15 is 0 Å². The molecule has 0 radical (unpaired) electrons. The lowest BCUT2D eigenvalue weighted by Gasteiger charge is -2.27. The van der Waals surface area contributed by atoms with E-state index in [0.717, 1.165) is 18.4 Å². The van der Waals surface area contributed by atoms with Crippen molar-refractivity contribution in [1.29, 1.82) is 0 Å².